The molecule has 12 heteroatoms. The van der Waals surface area contributed by atoms with Crippen molar-refractivity contribution in [3.63, 3.8) is 0 Å². The second-order valence-corrected chi connectivity index (χ2v) is 10.4. The molecule has 0 fully saturated rings. The first-order valence-corrected chi connectivity index (χ1v) is 14.3. The molecule has 5 aromatic heterocycles. The van der Waals surface area contributed by atoms with E-state index in [0.717, 1.165) is 11.1 Å². The summed E-state index contributed by atoms with van der Waals surface area (Å²) in [6, 6.07) is 23.1. The van der Waals surface area contributed by atoms with Crippen LogP contribution >= 0.6 is 0 Å². The number of pyridine rings is 3. The highest BCUT2D eigenvalue weighted by Gasteiger charge is 2.23. The predicted molar refractivity (Wildman–Crippen MR) is 169 cm³/mol. The Morgan fingerprint density at radius 2 is 1.50 bits per heavy atom. The summed E-state index contributed by atoms with van der Waals surface area (Å²) in [6.07, 6.45) is 4.73. The zero-order chi connectivity index (χ0) is 31.8. The molecule has 0 radical (unpaired) electrons. The fourth-order valence-electron chi connectivity index (χ4n) is 5.65. The summed E-state index contributed by atoms with van der Waals surface area (Å²) in [6.45, 7) is 0.130. The number of benzene rings is 2. The number of para-hydroxylation sites is 1. The zero-order valence-corrected chi connectivity index (χ0v) is 24.0. The Labute approximate surface area is 259 Å². The van der Waals surface area contributed by atoms with Crippen LogP contribution in [0.5, 0.6) is 0 Å². The number of carboxylic acid groups (broad SMARTS) is 1. The number of rotatable bonds is 7. The van der Waals surface area contributed by atoms with Gasteiger partial charge in [-0.05, 0) is 66.2 Å². The lowest BCUT2D eigenvalue weighted by Gasteiger charge is -2.11. The van der Waals surface area contributed by atoms with Crippen molar-refractivity contribution < 1.29 is 23.9 Å². The van der Waals surface area contributed by atoms with Crippen molar-refractivity contribution in [3.8, 4) is 22.4 Å². The molecule has 2 amide bonds. The molecule has 0 saturated carbocycles. The van der Waals surface area contributed by atoms with Crippen LogP contribution in [0.2, 0.25) is 0 Å². The van der Waals surface area contributed by atoms with Crippen LogP contribution in [-0.2, 0) is 0 Å². The van der Waals surface area contributed by atoms with Crippen LogP contribution < -0.4 is 10.6 Å². The predicted octanol–water partition coefficient (Wildman–Crippen LogP) is 5.39. The van der Waals surface area contributed by atoms with Crippen molar-refractivity contribution in [2.45, 2.75) is 0 Å². The van der Waals surface area contributed by atoms with Gasteiger partial charge >= 0.3 is 12.0 Å². The number of carboxylic acids is 1. The van der Waals surface area contributed by atoms with Crippen LogP contribution in [0.25, 0.3) is 49.7 Å². The van der Waals surface area contributed by atoms with E-state index in [-0.39, 0.29) is 35.8 Å². The Balaban J connectivity index is 1.14. The third kappa shape index (κ3) is 4.87. The molecule has 11 nitrogen and oxygen atoms in total. The number of hydrogen-bond donors (Lipinski definition) is 3. The maximum absolute atomic E-state index is 13.7. The molecule has 0 bridgehead atoms. The van der Waals surface area contributed by atoms with Gasteiger partial charge in [-0.3, -0.25) is 14.3 Å². The van der Waals surface area contributed by atoms with Gasteiger partial charge in [0, 0.05) is 53.6 Å². The van der Waals surface area contributed by atoms with Crippen LogP contribution in [0.15, 0.2) is 104 Å². The second-order valence-electron chi connectivity index (χ2n) is 10.4. The molecular formula is C34H24FN7O4. The third-order valence-electron chi connectivity index (χ3n) is 7.65. The lowest BCUT2D eigenvalue weighted by Crippen LogP contribution is -2.37. The molecule has 3 N–H and O–H groups in total. The van der Waals surface area contributed by atoms with E-state index < -0.39 is 17.9 Å². The first kappa shape index (κ1) is 28.3. The van der Waals surface area contributed by atoms with Crippen LogP contribution in [0.4, 0.5) is 9.18 Å². The molecule has 226 valence electrons. The molecule has 0 unspecified atom stereocenters. The molecule has 7 aromatic rings. The number of amides is 2. The van der Waals surface area contributed by atoms with Gasteiger partial charge in [0.05, 0.1) is 16.6 Å². The number of hydrogen-bond acceptors (Lipinski definition) is 6. The SMILES string of the molecule is O=C(O)c1nccc2c3ccccc3n(C(=O)NCCNC(=O)c3cccc4c(-c5ccncc5)c(-c5ccc(F)cc5)nn34)c12. The average molecular weight is 614 g/mol. The van der Waals surface area contributed by atoms with Gasteiger partial charge in [-0.25, -0.2) is 23.5 Å². The molecule has 0 aliphatic heterocycles. The minimum atomic E-state index is -1.25. The Hall–Kier alpha value is -6.43. The van der Waals surface area contributed by atoms with Crippen LogP contribution in [-0.4, -0.2) is 60.3 Å². The summed E-state index contributed by atoms with van der Waals surface area (Å²) in [5, 5.41) is 21.4. The number of aromatic carboxylic acids is 1. The van der Waals surface area contributed by atoms with E-state index in [2.05, 4.69) is 20.6 Å². The molecular weight excluding hydrogens is 589 g/mol. The van der Waals surface area contributed by atoms with Gasteiger partial charge in [0.25, 0.3) is 5.91 Å². The standard InChI is InChI=1S/C34H24FN7O4/c35-22-10-8-21(9-11-22)29-28(20-12-15-36-16-13-20)26-6-3-7-27(42(26)40-29)32(43)38-18-19-39-34(46)41-25-5-2-1-4-23(25)24-14-17-37-30(31(24)41)33(44)45/h1-17H,18-19H2,(H,38,43)(H,39,46)(H,44,45). The van der Waals surface area contributed by atoms with Gasteiger partial charge in [0.1, 0.15) is 17.2 Å². The van der Waals surface area contributed by atoms with Crippen LogP contribution in [0.1, 0.15) is 21.0 Å². The zero-order valence-electron chi connectivity index (χ0n) is 24.0. The molecule has 0 aliphatic carbocycles. The molecule has 0 spiro atoms. The lowest BCUT2D eigenvalue weighted by atomic mass is 10.0. The van der Waals surface area contributed by atoms with Crippen molar-refractivity contribution in [3.05, 3.63) is 121 Å². The van der Waals surface area contributed by atoms with Crippen LogP contribution in [0, 0.1) is 5.82 Å². The summed E-state index contributed by atoms with van der Waals surface area (Å²) in [7, 11) is 0. The molecule has 46 heavy (non-hydrogen) atoms. The maximum atomic E-state index is 13.7. The van der Waals surface area contributed by atoms with Crippen molar-refractivity contribution in [2.75, 3.05) is 13.1 Å². The molecule has 0 aliphatic rings. The first-order chi connectivity index (χ1) is 22.4. The number of aromatic nitrogens is 5. The quantitative estimate of drug-likeness (QED) is 0.205. The average Bonchev–Trinajstić information content (AvgIpc) is 3.64. The van der Waals surface area contributed by atoms with Crippen molar-refractivity contribution in [2.24, 2.45) is 0 Å². The second kappa shape index (κ2) is 11.6. The van der Waals surface area contributed by atoms with Gasteiger partial charge in [-0.2, -0.15) is 5.10 Å². The largest absolute Gasteiger partial charge is 0.476 e. The van der Waals surface area contributed by atoms with Crippen molar-refractivity contribution in [1.29, 1.82) is 0 Å². The van der Waals surface area contributed by atoms with E-state index in [1.54, 1.807) is 59.4 Å². The number of halogens is 1. The monoisotopic (exact) mass is 613 g/mol. The van der Waals surface area contributed by atoms with E-state index in [9.17, 15) is 23.9 Å². The summed E-state index contributed by atoms with van der Waals surface area (Å²) in [4.78, 5) is 46.9. The first-order valence-electron chi connectivity index (χ1n) is 14.3. The van der Waals surface area contributed by atoms with Crippen molar-refractivity contribution in [1.82, 2.24) is 34.8 Å². The van der Waals surface area contributed by atoms with Gasteiger partial charge in [0.2, 0.25) is 0 Å². The Kier molecular flexibility index (Phi) is 7.14. The van der Waals surface area contributed by atoms with Crippen LogP contribution in [0.3, 0.4) is 0 Å². The number of nitrogens with zero attached hydrogens (tertiary/aromatic N) is 5. The van der Waals surface area contributed by atoms with E-state index in [1.165, 1.54) is 22.9 Å². The van der Waals surface area contributed by atoms with Gasteiger partial charge in [-0.15, -0.1) is 0 Å². The normalized spacial score (nSPS) is 11.2. The molecule has 7 rings (SSSR count). The molecule has 0 saturated heterocycles. The topological polar surface area (TPSA) is 144 Å². The fraction of sp³-hybridized carbons (Fsp3) is 0.0588. The number of carbonyl (C=O) groups excluding carboxylic acids is 2. The van der Waals surface area contributed by atoms with Gasteiger partial charge < -0.3 is 15.7 Å². The third-order valence-corrected chi connectivity index (χ3v) is 7.65. The molecule has 2 aromatic carbocycles. The van der Waals surface area contributed by atoms with E-state index in [1.807, 2.05) is 30.3 Å². The minimum Gasteiger partial charge on any atom is -0.476 e. The Morgan fingerprint density at radius 1 is 0.761 bits per heavy atom. The molecule has 5 heterocycles. The highest BCUT2D eigenvalue weighted by atomic mass is 19.1. The van der Waals surface area contributed by atoms with E-state index in [0.29, 0.717) is 33.1 Å². The van der Waals surface area contributed by atoms with E-state index in [4.69, 9.17) is 5.10 Å². The van der Waals surface area contributed by atoms with Gasteiger partial charge in [0.15, 0.2) is 5.69 Å². The van der Waals surface area contributed by atoms with Crippen molar-refractivity contribution >= 4 is 45.2 Å². The Morgan fingerprint density at radius 3 is 2.28 bits per heavy atom. The Bertz CT molecular complexity index is 2300. The minimum absolute atomic E-state index is 0.0550. The summed E-state index contributed by atoms with van der Waals surface area (Å²) in [5.74, 6) is -2.05. The number of carbonyl (C=O) groups is 3. The maximum Gasteiger partial charge on any atom is 0.356 e. The molecule has 0 atom stereocenters. The summed E-state index contributed by atoms with van der Waals surface area (Å²) >= 11 is 0. The number of nitrogens with one attached hydrogen (secondary N) is 2. The summed E-state index contributed by atoms with van der Waals surface area (Å²) in [5.41, 5.74) is 4.24. The smallest absolute Gasteiger partial charge is 0.356 e. The lowest BCUT2D eigenvalue weighted by molar-refractivity contribution is 0.0692. The van der Waals surface area contributed by atoms with E-state index >= 15 is 0 Å². The van der Waals surface area contributed by atoms with Gasteiger partial charge in [-0.1, -0.05) is 24.3 Å². The highest BCUT2D eigenvalue weighted by molar-refractivity contribution is 6.17. The summed E-state index contributed by atoms with van der Waals surface area (Å²) < 4.78 is 16.6. The highest BCUT2D eigenvalue weighted by Crippen LogP contribution is 2.35. The number of fused-ring (bicyclic) bond motifs is 4. The fourth-order valence-corrected chi connectivity index (χ4v) is 5.65.